The first kappa shape index (κ1) is 24.5. The molecule has 1 amide bonds. The lowest BCUT2D eigenvalue weighted by molar-refractivity contribution is 0.0958. The van der Waals surface area contributed by atoms with E-state index in [0.717, 1.165) is 64.6 Å². The number of methoxy groups -OCH3 is 1. The molecule has 0 fully saturated rings. The van der Waals surface area contributed by atoms with Crippen molar-refractivity contribution in [3.05, 3.63) is 88.9 Å². The summed E-state index contributed by atoms with van der Waals surface area (Å²) in [5.41, 5.74) is 3.25. The molecule has 1 N–H and O–H groups in total. The van der Waals surface area contributed by atoms with E-state index in [-0.39, 0.29) is 5.91 Å². The van der Waals surface area contributed by atoms with E-state index in [0.29, 0.717) is 19.6 Å². The number of amides is 1. The van der Waals surface area contributed by atoms with Crippen LogP contribution >= 0.6 is 11.3 Å². The van der Waals surface area contributed by atoms with Gasteiger partial charge in [0.1, 0.15) is 5.82 Å². The van der Waals surface area contributed by atoms with Crippen molar-refractivity contribution in [3.8, 4) is 11.5 Å². The number of aromatic nitrogens is 2. The fourth-order valence-corrected chi connectivity index (χ4v) is 4.67. The first-order chi connectivity index (χ1) is 17.2. The standard InChI is InChI=1S/C28H31N3O3S/c1-3-9-21-13-14-24(25(20-21)33-2)34-18-7-6-17-31-23-11-5-4-10-22(23)30-27(31)15-16-29-28(32)26-12-8-19-35-26/h3-5,8,10-14,19-20H,1,6-7,9,15-18H2,2H3,(H,29,32). The third-order valence-electron chi connectivity index (χ3n) is 5.75. The van der Waals surface area contributed by atoms with E-state index in [1.165, 1.54) is 11.3 Å². The second-order valence-electron chi connectivity index (χ2n) is 8.19. The molecule has 4 aromatic rings. The van der Waals surface area contributed by atoms with Gasteiger partial charge in [0, 0.05) is 19.5 Å². The van der Waals surface area contributed by atoms with Gasteiger partial charge in [-0.05, 0) is 60.5 Å². The number of thiophene rings is 1. The smallest absolute Gasteiger partial charge is 0.261 e. The number of nitrogens with zero attached hydrogens (tertiary/aromatic N) is 2. The molecule has 0 bridgehead atoms. The van der Waals surface area contributed by atoms with Crippen LogP contribution in [-0.2, 0) is 19.4 Å². The molecule has 0 aliphatic heterocycles. The number of nitrogens with one attached hydrogen (secondary N) is 1. The van der Waals surface area contributed by atoms with Crippen LogP contribution in [0.1, 0.15) is 33.9 Å². The van der Waals surface area contributed by atoms with E-state index >= 15 is 0 Å². The Morgan fingerprint density at radius 2 is 2.03 bits per heavy atom. The van der Waals surface area contributed by atoms with Crippen molar-refractivity contribution in [3.63, 3.8) is 0 Å². The Labute approximate surface area is 210 Å². The molecule has 2 aromatic heterocycles. The number of fused-ring (bicyclic) bond motifs is 1. The molecule has 0 spiro atoms. The number of allylic oxidation sites excluding steroid dienone is 1. The minimum absolute atomic E-state index is 0.0345. The van der Waals surface area contributed by atoms with Gasteiger partial charge in [-0.1, -0.05) is 30.3 Å². The van der Waals surface area contributed by atoms with Crippen LogP contribution in [0.3, 0.4) is 0 Å². The normalized spacial score (nSPS) is 10.9. The second-order valence-corrected chi connectivity index (χ2v) is 9.13. The summed E-state index contributed by atoms with van der Waals surface area (Å²) in [5, 5.41) is 4.91. The highest BCUT2D eigenvalue weighted by molar-refractivity contribution is 7.12. The Hall–Kier alpha value is -3.58. The van der Waals surface area contributed by atoms with Crippen LogP contribution in [0, 0.1) is 0 Å². The van der Waals surface area contributed by atoms with E-state index in [1.54, 1.807) is 7.11 Å². The first-order valence-electron chi connectivity index (χ1n) is 11.9. The Bertz CT molecular complexity index is 1260. The van der Waals surface area contributed by atoms with E-state index in [1.807, 2.05) is 60.0 Å². The van der Waals surface area contributed by atoms with Crippen LogP contribution in [0.25, 0.3) is 11.0 Å². The number of imidazole rings is 1. The third kappa shape index (κ3) is 6.31. The van der Waals surface area contributed by atoms with Crippen LogP contribution in [0.15, 0.2) is 72.6 Å². The number of benzene rings is 2. The highest BCUT2D eigenvalue weighted by Crippen LogP contribution is 2.28. The van der Waals surface area contributed by atoms with Gasteiger partial charge in [-0.2, -0.15) is 0 Å². The highest BCUT2D eigenvalue weighted by Gasteiger charge is 2.12. The molecule has 2 aromatic carbocycles. The lowest BCUT2D eigenvalue weighted by atomic mass is 10.1. The van der Waals surface area contributed by atoms with Crippen molar-refractivity contribution in [1.29, 1.82) is 0 Å². The molecule has 0 unspecified atom stereocenters. The predicted molar refractivity (Wildman–Crippen MR) is 142 cm³/mol. The lowest BCUT2D eigenvalue weighted by Gasteiger charge is -2.13. The van der Waals surface area contributed by atoms with Gasteiger partial charge in [0.2, 0.25) is 0 Å². The van der Waals surface area contributed by atoms with Gasteiger partial charge in [0.25, 0.3) is 5.91 Å². The molecule has 0 saturated carbocycles. The zero-order valence-corrected chi connectivity index (χ0v) is 20.9. The number of carbonyl (C=O) groups is 1. The molecular formula is C28H31N3O3S. The number of ether oxygens (including phenoxy) is 2. The monoisotopic (exact) mass is 489 g/mol. The summed E-state index contributed by atoms with van der Waals surface area (Å²) in [6, 6.07) is 17.9. The molecule has 0 radical (unpaired) electrons. The van der Waals surface area contributed by atoms with Gasteiger partial charge in [0.15, 0.2) is 11.5 Å². The Morgan fingerprint density at radius 3 is 2.83 bits per heavy atom. The van der Waals surface area contributed by atoms with Crippen molar-refractivity contribution >= 4 is 28.3 Å². The maximum absolute atomic E-state index is 12.3. The average Bonchev–Trinajstić information content (AvgIpc) is 3.53. The van der Waals surface area contributed by atoms with Crippen LogP contribution in [0.2, 0.25) is 0 Å². The maximum Gasteiger partial charge on any atom is 0.261 e. The minimum atomic E-state index is -0.0345. The summed E-state index contributed by atoms with van der Waals surface area (Å²) >= 11 is 1.45. The van der Waals surface area contributed by atoms with Gasteiger partial charge in [-0.25, -0.2) is 4.98 Å². The quantitative estimate of drug-likeness (QED) is 0.194. The first-order valence-corrected chi connectivity index (χ1v) is 12.7. The van der Waals surface area contributed by atoms with Crippen molar-refractivity contribution in [2.75, 3.05) is 20.3 Å². The van der Waals surface area contributed by atoms with Crippen molar-refractivity contribution < 1.29 is 14.3 Å². The van der Waals surface area contributed by atoms with Gasteiger partial charge in [0.05, 0.1) is 29.6 Å². The highest BCUT2D eigenvalue weighted by atomic mass is 32.1. The second kappa shape index (κ2) is 12.2. The molecule has 0 saturated heterocycles. The topological polar surface area (TPSA) is 65.4 Å². The average molecular weight is 490 g/mol. The Balaban J connectivity index is 1.32. The number of para-hydroxylation sites is 2. The van der Waals surface area contributed by atoms with Crippen LogP contribution in [-0.4, -0.2) is 35.7 Å². The van der Waals surface area contributed by atoms with E-state index in [2.05, 4.69) is 22.5 Å². The molecule has 35 heavy (non-hydrogen) atoms. The van der Waals surface area contributed by atoms with Gasteiger partial charge < -0.3 is 19.4 Å². The summed E-state index contributed by atoms with van der Waals surface area (Å²) in [5.74, 6) is 2.46. The van der Waals surface area contributed by atoms with E-state index < -0.39 is 0 Å². The number of aryl methyl sites for hydroxylation is 1. The largest absolute Gasteiger partial charge is 0.493 e. The number of carbonyl (C=O) groups excluding carboxylic acids is 1. The predicted octanol–water partition coefficient (Wildman–Crippen LogP) is 5.67. The Kier molecular flexibility index (Phi) is 8.57. The van der Waals surface area contributed by atoms with Crippen molar-refractivity contribution in [2.24, 2.45) is 0 Å². The number of rotatable bonds is 13. The van der Waals surface area contributed by atoms with Gasteiger partial charge in [-0.3, -0.25) is 4.79 Å². The summed E-state index contributed by atoms with van der Waals surface area (Å²) in [4.78, 5) is 17.8. The molecule has 0 aliphatic rings. The fraction of sp³-hybridized carbons (Fsp3) is 0.286. The van der Waals surface area contributed by atoms with Crippen molar-refractivity contribution in [1.82, 2.24) is 14.9 Å². The molecule has 7 heteroatoms. The number of hydrogen-bond acceptors (Lipinski definition) is 5. The van der Waals surface area contributed by atoms with Crippen LogP contribution < -0.4 is 14.8 Å². The minimum Gasteiger partial charge on any atom is -0.493 e. The Morgan fingerprint density at radius 1 is 1.14 bits per heavy atom. The SMILES string of the molecule is C=CCc1ccc(OCCCCn2c(CCNC(=O)c3cccs3)nc3ccccc32)c(OC)c1. The van der Waals surface area contributed by atoms with E-state index in [9.17, 15) is 4.79 Å². The van der Waals surface area contributed by atoms with Crippen LogP contribution in [0.5, 0.6) is 11.5 Å². The maximum atomic E-state index is 12.3. The molecule has 4 rings (SSSR count). The van der Waals surface area contributed by atoms with Crippen LogP contribution in [0.4, 0.5) is 0 Å². The molecule has 182 valence electrons. The number of hydrogen-bond donors (Lipinski definition) is 1. The van der Waals surface area contributed by atoms with E-state index in [4.69, 9.17) is 14.5 Å². The fourth-order valence-electron chi connectivity index (χ4n) is 4.03. The zero-order valence-electron chi connectivity index (χ0n) is 20.0. The lowest BCUT2D eigenvalue weighted by Crippen LogP contribution is -2.25. The summed E-state index contributed by atoms with van der Waals surface area (Å²) in [7, 11) is 1.66. The van der Waals surface area contributed by atoms with Gasteiger partial charge in [-0.15, -0.1) is 17.9 Å². The summed E-state index contributed by atoms with van der Waals surface area (Å²) < 4.78 is 13.8. The molecule has 2 heterocycles. The summed E-state index contributed by atoms with van der Waals surface area (Å²) in [6.07, 6.45) is 5.21. The zero-order chi connectivity index (χ0) is 24.5. The molecule has 6 nitrogen and oxygen atoms in total. The molecule has 0 atom stereocenters. The third-order valence-corrected chi connectivity index (χ3v) is 6.62. The number of unbranched alkanes of at least 4 members (excludes halogenated alkanes) is 1. The van der Waals surface area contributed by atoms with Gasteiger partial charge >= 0.3 is 0 Å². The molecule has 0 aliphatic carbocycles. The molecular weight excluding hydrogens is 458 g/mol. The van der Waals surface area contributed by atoms with Crippen molar-refractivity contribution in [2.45, 2.75) is 32.2 Å². The summed E-state index contributed by atoms with van der Waals surface area (Å²) in [6.45, 7) is 5.78.